The minimum Gasteiger partial charge on any atom is -0.195 e. The van der Waals surface area contributed by atoms with Gasteiger partial charge in [-0.2, -0.15) is 132 Å². The molecule has 0 N–H and O–H groups in total. The van der Waals surface area contributed by atoms with E-state index in [0.717, 1.165) is 6.54 Å². The van der Waals surface area contributed by atoms with E-state index in [4.69, 9.17) is 0 Å². The van der Waals surface area contributed by atoms with Gasteiger partial charge in [0.05, 0.1) is 44.5 Å². The Morgan fingerprint density at radius 1 is 0.293 bits per heavy atom. The van der Waals surface area contributed by atoms with Gasteiger partial charge in [-0.1, -0.05) is 78.9 Å². The van der Waals surface area contributed by atoms with Crippen molar-refractivity contribution in [1.29, 1.82) is 0 Å². The summed E-state index contributed by atoms with van der Waals surface area (Å²) >= 11 is 0. The minimum absolute atomic E-state index is 0.691. The van der Waals surface area contributed by atoms with E-state index in [1.54, 1.807) is 0 Å². The van der Waals surface area contributed by atoms with Gasteiger partial charge in [0.1, 0.15) is 6.15 Å². The number of aromatic nitrogens is 1. The number of hydrogen-bond acceptors (Lipinski definition) is 0. The molecular formula is C49H34BF24N. The highest BCUT2D eigenvalue weighted by atomic mass is 19.4. The van der Waals surface area contributed by atoms with Gasteiger partial charge in [0.2, 0.25) is 0 Å². The summed E-state index contributed by atoms with van der Waals surface area (Å²) in [5, 5.41) is 0. The van der Waals surface area contributed by atoms with E-state index in [9.17, 15) is 105 Å². The molecule has 0 atom stereocenters. The Kier molecular flexibility index (Phi) is 15.8. The average Bonchev–Trinajstić information content (AvgIpc) is 3.27. The molecule has 0 radical (unpaired) electrons. The van der Waals surface area contributed by atoms with E-state index >= 15 is 0 Å². The van der Waals surface area contributed by atoms with Gasteiger partial charge in [0.25, 0.3) is 0 Å². The summed E-state index contributed by atoms with van der Waals surface area (Å²) in [7, 11) is 0. The second-order valence-electron chi connectivity index (χ2n) is 17.3. The van der Waals surface area contributed by atoms with Gasteiger partial charge in [-0.25, -0.2) is 0 Å². The highest BCUT2D eigenvalue weighted by molar-refractivity contribution is 7.20. The Balaban J connectivity index is 0.000000483. The zero-order valence-electron chi connectivity index (χ0n) is 38.6. The first-order chi connectivity index (χ1) is 33.8. The summed E-state index contributed by atoms with van der Waals surface area (Å²) in [6, 6.07) is 1.85. The molecule has 0 bridgehead atoms. The van der Waals surface area contributed by atoms with Crippen molar-refractivity contribution in [2.45, 2.75) is 90.6 Å². The van der Waals surface area contributed by atoms with E-state index in [0.29, 0.717) is 0 Å². The fraction of sp³-hybridized carbons (Fsp3) is 0.286. The van der Waals surface area contributed by atoms with Gasteiger partial charge in [-0.3, -0.25) is 0 Å². The van der Waals surface area contributed by atoms with E-state index in [1.165, 1.54) is 33.6 Å². The zero-order valence-corrected chi connectivity index (χ0v) is 38.6. The molecule has 0 aliphatic rings. The average molecular weight is 1100 g/mol. The van der Waals surface area contributed by atoms with E-state index in [2.05, 4.69) is 69.5 Å². The molecule has 0 unspecified atom stereocenters. The highest BCUT2D eigenvalue weighted by Gasteiger charge is 2.47. The molecule has 0 saturated carbocycles. The van der Waals surface area contributed by atoms with Crippen LogP contribution in [0.1, 0.15) is 78.1 Å². The van der Waals surface area contributed by atoms with Gasteiger partial charge in [-0.15, -0.1) is 0 Å². The van der Waals surface area contributed by atoms with Crippen LogP contribution in [0.25, 0.3) is 0 Å². The lowest BCUT2D eigenvalue weighted by Gasteiger charge is -2.46. The van der Waals surface area contributed by atoms with E-state index < -0.39 is 195 Å². The molecule has 0 amide bonds. The van der Waals surface area contributed by atoms with Crippen molar-refractivity contribution in [1.82, 2.24) is 0 Å². The second-order valence-corrected chi connectivity index (χ2v) is 17.3. The maximum atomic E-state index is 14.2. The first-order valence-electron chi connectivity index (χ1n) is 21.1. The lowest BCUT2D eigenvalue weighted by molar-refractivity contribution is -0.700. The molecule has 26 heteroatoms. The van der Waals surface area contributed by atoms with Crippen molar-refractivity contribution >= 4 is 28.0 Å². The highest BCUT2D eigenvalue weighted by Crippen LogP contribution is 2.41. The zero-order chi connectivity index (χ0) is 57.2. The first kappa shape index (κ1) is 59.5. The Morgan fingerprint density at radius 2 is 0.493 bits per heavy atom. The molecule has 75 heavy (non-hydrogen) atoms. The molecule has 1 aromatic heterocycles. The third kappa shape index (κ3) is 13.0. The Labute approximate surface area is 409 Å². The van der Waals surface area contributed by atoms with Crippen LogP contribution < -0.4 is 26.4 Å². The number of benzene rings is 5. The van der Waals surface area contributed by atoms with Gasteiger partial charge in [0.15, 0.2) is 17.9 Å². The number of halogens is 24. The van der Waals surface area contributed by atoms with Crippen molar-refractivity contribution in [2.75, 3.05) is 0 Å². The molecule has 5 aromatic carbocycles. The summed E-state index contributed by atoms with van der Waals surface area (Å²) in [6.45, 7) is 12.1. The van der Waals surface area contributed by atoms with Crippen molar-refractivity contribution < 1.29 is 110 Å². The van der Waals surface area contributed by atoms with Crippen LogP contribution in [0.15, 0.2) is 103 Å². The normalized spacial score (nSPS) is 13.5. The summed E-state index contributed by atoms with van der Waals surface area (Å²) < 4.78 is 343. The van der Waals surface area contributed by atoms with Crippen LogP contribution in [0.4, 0.5) is 105 Å². The summed E-state index contributed by atoms with van der Waals surface area (Å²) in [6.07, 6.45) is -54.8. The van der Waals surface area contributed by atoms with Gasteiger partial charge in [-0.05, 0) is 50.6 Å². The van der Waals surface area contributed by atoms with Gasteiger partial charge >= 0.3 is 49.4 Å². The first-order valence-corrected chi connectivity index (χ1v) is 21.1. The molecule has 0 spiro atoms. The lowest BCUT2D eigenvalue weighted by atomic mass is 9.12. The number of pyridine rings is 1. The van der Waals surface area contributed by atoms with E-state index in [1.807, 2.05) is 0 Å². The molecule has 6 rings (SSSR count). The predicted molar refractivity (Wildman–Crippen MR) is 226 cm³/mol. The molecule has 0 fully saturated rings. The summed E-state index contributed by atoms with van der Waals surface area (Å²) in [5.74, 6) is 0. The maximum absolute atomic E-state index is 14.2. The number of rotatable bonds is 6. The van der Waals surface area contributed by atoms with Crippen LogP contribution in [0.2, 0.25) is 0 Å². The largest absolute Gasteiger partial charge is 0.416 e. The number of hydrogen-bond donors (Lipinski definition) is 0. The molecule has 0 saturated heterocycles. The van der Waals surface area contributed by atoms with Crippen molar-refractivity contribution in [2.24, 2.45) is 0 Å². The molecule has 0 aliphatic heterocycles. The lowest BCUT2D eigenvalue weighted by Crippen LogP contribution is -2.75. The quantitative estimate of drug-likeness (QED) is 0.0889. The summed E-state index contributed by atoms with van der Waals surface area (Å²) in [4.78, 5) is 0. The SMILES string of the molecule is Cc1c(C)c(C)[n+](Cc2ccccc2)c(C)c1C.FC(F)(F)c1cc([B-](c2cc(C(F)(F)F)cc(C(F)(F)F)c2)(c2cc(C(F)(F)F)cc(C(F)(F)F)c2)c2cc(C(F)(F)F)cc(C(F)(F)F)c2)cc(C(F)(F)F)c1. The second kappa shape index (κ2) is 20.0. The fourth-order valence-corrected chi connectivity index (χ4v) is 8.55. The van der Waals surface area contributed by atoms with Crippen molar-refractivity contribution in [3.63, 3.8) is 0 Å². The monoisotopic (exact) mass is 1100 g/mol. The molecule has 1 heterocycles. The fourth-order valence-electron chi connectivity index (χ4n) is 8.55. The maximum Gasteiger partial charge on any atom is 0.416 e. The Morgan fingerprint density at radius 3 is 0.680 bits per heavy atom. The van der Waals surface area contributed by atoms with Crippen molar-refractivity contribution in [3.05, 3.63) is 181 Å². The number of nitrogens with zero attached hydrogens (tertiary/aromatic N) is 1. The standard InChI is InChI=1S/C32H12BF24.C17H22N/c34-25(35,36)13-1-14(26(37,38)39)6-21(5-13)33(22-7-15(27(40,41)42)2-16(8-22)28(43,44)45,23-9-17(29(46,47)48)3-18(10-23)30(49,50)51)24-11-19(31(52,53)54)4-20(12-24)32(55,56)57;1-12-13(2)15(4)18(16(5)14(12)3)11-17-9-7-6-8-10-17/h1-12H;6-10H,11H2,1-5H3/q-1;+1. The van der Waals surface area contributed by atoms with Crippen LogP contribution in [-0.4, -0.2) is 6.15 Å². The molecular weight excluding hydrogens is 1070 g/mol. The van der Waals surface area contributed by atoms with E-state index in [-0.39, 0.29) is 0 Å². The summed E-state index contributed by atoms with van der Waals surface area (Å²) in [5.41, 5.74) is -21.9. The van der Waals surface area contributed by atoms with Gasteiger partial charge in [0, 0.05) is 30.5 Å². The van der Waals surface area contributed by atoms with Crippen molar-refractivity contribution in [3.8, 4) is 0 Å². The topological polar surface area (TPSA) is 3.88 Å². The van der Waals surface area contributed by atoms with Crippen LogP contribution >= 0.6 is 0 Å². The predicted octanol–water partition coefficient (Wildman–Crippen LogP) is 14.8. The molecule has 0 aliphatic carbocycles. The van der Waals surface area contributed by atoms with Crippen LogP contribution in [0, 0.1) is 34.6 Å². The third-order valence-corrected chi connectivity index (χ3v) is 12.6. The number of alkyl halides is 24. The van der Waals surface area contributed by atoms with Crippen LogP contribution in [0.3, 0.4) is 0 Å². The van der Waals surface area contributed by atoms with Crippen LogP contribution in [-0.2, 0) is 56.0 Å². The molecule has 1 nitrogen and oxygen atoms in total. The van der Waals surface area contributed by atoms with Crippen LogP contribution in [0.5, 0.6) is 0 Å². The minimum atomic E-state index is -6.13. The third-order valence-electron chi connectivity index (χ3n) is 12.6. The Bertz CT molecular complexity index is 2590. The van der Waals surface area contributed by atoms with Gasteiger partial charge < -0.3 is 0 Å². The smallest absolute Gasteiger partial charge is 0.195 e. The molecule has 406 valence electrons. The molecule has 6 aromatic rings. The Hall–Kier alpha value is -6.37.